The van der Waals surface area contributed by atoms with Crippen LogP contribution >= 0.6 is 0 Å². The SMILES string of the molecule is Cc1cnc(CN2CC(CO)OCC2C)c(C)c1[N+](=O)[O-]. The Kier molecular flexibility index (Phi) is 4.87. The first-order valence-electron chi connectivity index (χ1n) is 7.00. The van der Waals surface area contributed by atoms with Crippen molar-refractivity contribution in [2.75, 3.05) is 19.8 Å². The van der Waals surface area contributed by atoms with Crippen LogP contribution in [0, 0.1) is 24.0 Å². The smallest absolute Gasteiger partial charge is 0.278 e. The number of rotatable bonds is 4. The molecule has 1 N–H and O–H groups in total. The molecule has 1 fully saturated rings. The average Bonchev–Trinajstić information content (AvgIpc) is 2.43. The zero-order valence-electron chi connectivity index (χ0n) is 12.6. The molecule has 0 amide bonds. The summed E-state index contributed by atoms with van der Waals surface area (Å²) < 4.78 is 5.50. The third kappa shape index (κ3) is 3.37. The number of aliphatic hydroxyl groups excluding tert-OH is 1. The highest BCUT2D eigenvalue weighted by atomic mass is 16.6. The van der Waals surface area contributed by atoms with Crippen LogP contribution in [0.3, 0.4) is 0 Å². The molecule has 1 saturated heterocycles. The molecular formula is C14H21N3O4. The number of nitro groups is 1. The van der Waals surface area contributed by atoms with Crippen LogP contribution in [0.4, 0.5) is 5.69 Å². The molecule has 0 aliphatic carbocycles. The molecule has 1 aromatic rings. The molecular weight excluding hydrogens is 274 g/mol. The van der Waals surface area contributed by atoms with Gasteiger partial charge < -0.3 is 9.84 Å². The van der Waals surface area contributed by atoms with E-state index in [4.69, 9.17) is 4.74 Å². The van der Waals surface area contributed by atoms with Gasteiger partial charge in [0.2, 0.25) is 0 Å². The standard InChI is InChI=1S/C14H21N3O4/c1-9-4-15-13(11(3)14(9)17(19)20)6-16-5-12(7-18)21-8-10(16)2/h4,10,12,18H,5-8H2,1-3H3. The second-order valence-corrected chi connectivity index (χ2v) is 5.54. The zero-order valence-corrected chi connectivity index (χ0v) is 12.6. The van der Waals surface area contributed by atoms with Gasteiger partial charge in [0.25, 0.3) is 5.69 Å². The number of hydrogen-bond acceptors (Lipinski definition) is 6. The van der Waals surface area contributed by atoms with Crippen LogP contribution < -0.4 is 0 Å². The van der Waals surface area contributed by atoms with Crippen molar-refractivity contribution >= 4 is 5.69 Å². The third-order valence-corrected chi connectivity index (χ3v) is 3.95. The highest BCUT2D eigenvalue weighted by Gasteiger charge is 2.27. The van der Waals surface area contributed by atoms with Crippen molar-refractivity contribution in [2.45, 2.75) is 39.5 Å². The summed E-state index contributed by atoms with van der Waals surface area (Å²) >= 11 is 0. The summed E-state index contributed by atoms with van der Waals surface area (Å²) in [6.45, 7) is 7.10. The highest BCUT2D eigenvalue weighted by molar-refractivity contribution is 5.47. The molecule has 1 aliphatic rings. The van der Waals surface area contributed by atoms with Crippen molar-refractivity contribution in [3.63, 3.8) is 0 Å². The number of pyridine rings is 1. The predicted molar refractivity (Wildman–Crippen MR) is 77.1 cm³/mol. The molecule has 7 heteroatoms. The van der Waals surface area contributed by atoms with Crippen LogP contribution in [0.25, 0.3) is 0 Å². The molecule has 21 heavy (non-hydrogen) atoms. The average molecular weight is 295 g/mol. The number of nitrogens with zero attached hydrogens (tertiary/aromatic N) is 3. The van der Waals surface area contributed by atoms with Crippen LogP contribution in [-0.2, 0) is 11.3 Å². The molecule has 2 heterocycles. The van der Waals surface area contributed by atoms with Gasteiger partial charge in [-0.1, -0.05) is 0 Å². The van der Waals surface area contributed by atoms with E-state index in [1.807, 2.05) is 6.92 Å². The maximum Gasteiger partial charge on any atom is 0.278 e. The third-order valence-electron chi connectivity index (χ3n) is 3.95. The lowest BCUT2D eigenvalue weighted by Crippen LogP contribution is -2.49. The van der Waals surface area contributed by atoms with Gasteiger partial charge in [-0.3, -0.25) is 20.0 Å². The summed E-state index contributed by atoms with van der Waals surface area (Å²) in [5, 5.41) is 20.4. The first-order valence-corrected chi connectivity index (χ1v) is 7.00. The van der Waals surface area contributed by atoms with Crippen molar-refractivity contribution in [3.05, 3.63) is 33.1 Å². The maximum absolute atomic E-state index is 11.2. The fraction of sp³-hybridized carbons (Fsp3) is 0.643. The van der Waals surface area contributed by atoms with Crippen LogP contribution in [0.1, 0.15) is 23.7 Å². The van der Waals surface area contributed by atoms with Gasteiger partial charge in [-0.25, -0.2) is 0 Å². The fourth-order valence-corrected chi connectivity index (χ4v) is 2.60. The minimum absolute atomic E-state index is 0.0241. The van der Waals surface area contributed by atoms with Gasteiger partial charge in [0, 0.05) is 36.5 Å². The zero-order chi connectivity index (χ0) is 15.6. The van der Waals surface area contributed by atoms with Gasteiger partial charge in [0.05, 0.1) is 29.9 Å². The molecule has 116 valence electrons. The first-order chi connectivity index (χ1) is 9.93. The van der Waals surface area contributed by atoms with Crippen molar-refractivity contribution < 1.29 is 14.8 Å². The number of hydrogen-bond donors (Lipinski definition) is 1. The van der Waals surface area contributed by atoms with Crippen molar-refractivity contribution in [1.29, 1.82) is 0 Å². The van der Waals surface area contributed by atoms with E-state index in [1.165, 1.54) is 0 Å². The van der Waals surface area contributed by atoms with Crippen LogP contribution in [0.15, 0.2) is 6.20 Å². The van der Waals surface area contributed by atoms with E-state index in [-0.39, 0.29) is 29.4 Å². The fourth-order valence-electron chi connectivity index (χ4n) is 2.60. The quantitative estimate of drug-likeness (QED) is 0.663. The molecule has 0 aromatic carbocycles. The number of morpholine rings is 1. The van der Waals surface area contributed by atoms with Gasteiger partial charge >= 0.3 is 0 Å². The van der Waals surface area contributed by atoms with Crippen molar-refractivity contribution in [3.8, 4) is 0 Å². The number of aromatic nitrogens is 1. The molecule has 2 rings (SSSR count). The Bertz CT molecular complexity index is 535. The molecule has 0 spiro atoms. The molecule has 2 unspecified atom stereocenters. The molecule has 1 aromatic heterocycles. The second kappa shape index (κ2) is 6.46. The molecule has 0 radical (unpaired) electrons. The van der Waals surface area contributed by atoms with Gasteiger partial charge in [-0.2, -0.15) is 0 Å². The Balaban J connectivity index is 2.23. The highest BCUT2D eigenvalue weighted by Crippen LogP contribution is 2.25. The summed E-state index contributed by atoms with van der Waals surface area (Å²) in [7, 11) is 0. The number of ether oxygens (including phenoxy) is 1. The van der Waals surface area contributed by atoms with Crippen LogP contribution in [0.2, 0.25) is 0 Å². The molecule has 2 atom stereocenters. The Hall–Kier alpha value is -1.57. The van der Waals surface area contributed by atoms with E-state index in [0.29, 0.717) is 36.5 Å². The monoisotopic (exact) mass is 295 g/mol. The Morgan fingerprint density at radius 1 is 1.57 bits per heavy atom. The normalized spacial score (nSPS) is 23.2. The van der Waals surface area contributed by atoms with Gasteiger partial charge in [-0.05, 0) is 20.8 Å². The van der Waals surface area contributed by atoms with Gasteiger partial charge in [0.15, 0.2) is 0 Å². The van der Waals surface area contributed by atoms with Gasteiger partial charge in [-0.15, -0.1) is 0 Å². The summed E-state index contributed by atoms with van der Waals surface area (Å²) in [6, 6.07) is 0.189. The van der Waals surface area contributed by atoms with E-state index in [2.05, 4.69) is 9.88 Å². The number of aryl methyl sites for hydroxylation is 1. The first kappa shape index (κ1) is 15.8. The molecule has 0 saturated carbocycles. The van der Waals surface area contributed by atoms with Crippen LogP contribution in [0.5, 0.6) is 0 Å². The molecule has 1 aliphatic heterocycles. The lowest BCUT2D eigenvalue weighted by molar-refractivity contribution is -0.386. The molecule has 0 bridgehead atoms. The molecule has 7 nitrogen and oxygen atoms in total. The Morgan fingerprint density at radius 3 is 2.90 bits per heavy atom. The van der Waals surface area contributed by atoms with E-state index in [9.17, 15) is 15.2 Å². The van der Waals surface area contributed by atoms with Crippen LogP contribution in [-0.4, -0.2) is 51.8 Å². The van der Waals surface area contributed by atoms with Gasteiger partial charge in [0.1, 0.15) is 0 Å². The topological polar surface area (TPSA) is 88.7 Å². The lowest BCUT2D eigenvalue weighted by Gasteiger charge is -2.37. The van der Waals surface area contributed by atoms with E-state index >= 15 is 0 Å². The second-order valence-electron chi connectivity index (χ2n) is 5.54. The Morgan fingerprint density at radius 2 is 2.29 bits per heavy atom. The summed E-state index contributed by atoms with van der Waals surface area (Å²) in [5.41, 5.74) is 2.03. The van der Waals surface area contributed by atoms with E-state index < -0.39 is 0 Å². The maximum atomic E-state index is 11.2. The predicted octanol–water partition coefficient (Wildman–Crippen LogP) is 1.19. The minimum atomic E-state index is -0.352. The van der Waals surface area contributed by atoms with Crippen molar-refractivity contribution in [1.82, 2.24) is 9.88 Å². The summed E-state index contributed by atoms with van der Waals surface area (Å²) in [5.74, 6) is 0. The minimum Gasteiger partial charge on any atom is -0.394 e. The summed E-state index contributed by atoms with van der Waals surface area (Å²) in [6.07, 6.45) is 1.34. The lowest BCUT2D eigenvalue weighted by atomic mass is 10.1. The number of aliphatic hydroxyl groups is 1. The summed E-state index contributed by atoms with van der Waals surface area (Å²) in [4.78, 5) is 17.3. The van der Waals surface area contributed by atoms with E-state index in [0.717, 1.165) is 0 Å². The van der Waals surface area contributed by atoms with E-state index in [1.54, 1.807) is 20.0 Å². The van der Waals surface area contributed by atoms with Crippen molar-refractivity contribution in [2.24, 2.45) is 0 Å². The Labute approximate surface area is 123 Å². The largest absolute Gasteiger partial charge is 0.394 e.